The first-order chi connectivity index (χ1) is 8.97. The molecule has 0 fully saturated rings. The molecule has 7 heteroatoms. The lowest BCUT2D eigenvalue weighted by molar-refractivity contribution is 0.683. The second-order valence-corrected chi connectivity index (χ2v) is 6.56. The Morgan fingerprint density at radius 2 is 1.74 bits per heavy atom. The monoisotopic (exact) mass is 324 g/mol. The molecular weight excluding hydrogens is 307 g/mol. The number of halogens is 3. The van der Waals surface area contributed by atoms with Gasteiger partial charge in [0.15, 0.2) is 5.82 Å². The van der Waals surface area contributed by atoms with E-state index >= 15 is 0 Å². The summed E-state index contributed by atoms with van der Waals surface area (Å²) in [6, 6.07) is 0. The largest absolute Gasteiger partial charge is 0.354 e. The van der Waals surface area contributed by atoms with Crippen molar-refractivity contribution in [3.8, 4) is 0 Å². The lowest BCUT2D eigenvalue weighted by Gasteiger charge is -2.12. The Balaban J connectivity index is 2.89. The Hall–Kier alpha value is -0.320. The second-order valence-electron chi connectivity index (χ2n) is 4.28. The number of alkyl halides is 3. The second kappa shape index (κ2) is 8.08. The molecule has 4 nitrogen and oxygen atoms in total. The van der Waals surface area contributed by atoms with Crippen LogP contribution in [-0.4, -0.2) is 21.5 Å². The van der Waals surface area contributed by atoms with Crippen molar-refractivity contribution in [3.05, 3.63) is 11.6 Å². The number of aryl methyl sites for hydroxylation is 1. The summed E-state index contributed by atoms with van der Waals surface area (Å²) in [6.45, 7) is 4.98. The van der Waals surface area contributed by atoms with Gasteiger partial charge in [-0.1, -0.05) is 61.5 Å². The Labute approximate surface area is 129 Å². The summed E-state index contributed by atoms with van der Waals surface area (Å²) >= 11 is 17.5. The molecule has 1 N–H and O–H groups in total. The maximum Gasteiger partial charge on any atom is 0.250 e. The Morgan fingerprint density at radius 3 is 2.32 bits per heavy atom. The molecule has 0 spiro atoms. The number of hydrogen-bond acceptors (Lipinski definition) is 4. The van der Waals surface area contributed by atoms with Crippen LogP contribution in [0.25, 0.3) is 0 Å². The first-order valence-corrected chi connectivity index (χ1v) is 7.66. The van der Waals surface area contributed by atoms with Crippen molar-refractivity contribution in [3.63, 3.8) is 0 Å². The van der Waals surface area contributed by atoms with Gasteiger partial charge in [0.05, 0.1) is 0 Å². The molecule has 0 aliphatic heterocycles. The van der Waals surface area contributed by atoms with Gasteiger partial charge < -0.3 is 5.32 Å². The normalized spacial score (nSPS) is 11.6. The van der Waals surface area contributed by atoms with Gasteiger partial charge in [0.2, 0.25) is 9.74 Å². The molecule has 0 radical (unpaired) electrons. The van der Waals surface area contributed by atoms with Crippen LogP contribution in [0.15, 0.2) is 0 Å². The van der Waals surface area contributed by atoms with Crippen molar-refractivity contribution in [2.24, 2.45) is 0 Å². The first kappa shape index (κ1) is 16.7. The molecule has 108 valence electrons. The summed E-state index contributed by atoms with van der Waals surface area (Å²) in [7, 11) is 0. The van der Waals surface area contributed by atoms with E-state index in [-0.39, 0.29) is 5.82 Å². The molecule has 0 saturated carbocycles. The maximum absolute atomic E-state index is 5.85. The summed E-state index contributed by atoms with van der Waals surface area (Å²) < 4.78 is -1.62. The highest BCUT2D eigenvalue weighted by Crippen LogP contribution is 2.36. The highest BCUT2D eigenvalue weighted by molar-refractivity contribution is 6.66. The first-order valence-electron chi connectivity index (χ1n) is 6.53. The fourth-order valence-corrected chi connectivity index (χ4v) is 1.76. The lowest BCUT2D eigenvalue weighted by atomic mass is 10.2. The Kier molecular flexibility index (Phi) is 7.11. The summed E-state index contributed by atoms with van der Waals surface area (Å²) in [4.78, 5) is 12.7. The van der Waals surface area contributed by atoms with Gasteiger partial charge in [0.25, 0.3) is 0 Å². The van der Waals surface area contributed by atoms with Crippen molar-refractivity contribution < 1.29 is 0 Å². The molecule has 0 amide bonds. The number of nitrogens with zero attached hydrogens (tertiary/aromatic N) is 3. The fraction of sp³-hybridized carbons (Fsp3) is 0.750. The van der Waals surface area contributed by atoms with Crippen LogP contribution >= 0.6 is 34.8 Å². The maximum atomic E-state index is 5.85. The van der Waals surface area contributed by atoms with Crippen molar-refractivity contribution >= 4 is 40.8 Å². The fourth-order valence-electron chi connectivity index (χ4n) is 1.51. The highest BCUT2D eigenvalue weighted by Gasteiger charge is 2.28. The molecule has 0 bridgehead atoms. The van der Waals surface area contributed by atoms with Crippen LogP contribution in [0.1, 0.15) is 51.2 Å². The number of hydrogen-bond donors (Lipinski definition) is 1. The standard InChI is InChI=1S/C12H19Cl3N4/c1-3-5-6-7-9-17-10(12(13,14)15)19-11(18-9)16-8-4-2/h3-8H2,1-2H3,(H,16,17,18,19). The van der Waals surface area contributed by atoms with Gasteiger partial charge in [-0.05, 0) is 12.8 Å². The minimum absolute atomic E-state index is 0.178. The molecule has 1 heterocycles. The lowest BCUT2D eigenvalue weighted by Crippen LogP contribution is -2.15. The third-order valence-corrected chi connectivity index (χ3v) is 2.98. The van der Waals surface area contributed by atoms with Crippen molar-refractivity contribution in [2.75, 3.05) is 11.9 Å². The molecule has 1 aromatic heterocycles. The zero-order chi connectivity index (χ0) is 14.3. The Morgan fingerprint density at radius 1 is 1.00 bits per heavy atom. The molecule has 0 unspecified atom stereocenters. The third kappa shape index (κ3) is 6.11. The molecule has 19 heavy (non-hydrogen) atoms. The third-order valence-electron chi connectivity index (χ3n) is 2.47. The van der Waals surface area contributed by atoms with E-state index in [9.17, 15) is 0 Å². The molecule has 1 rings (SSSR count). The van der Waals surface area contributed by atoms with Crippen LogP contribution in [0, 0.1) is 0 Å². The van der Waals surface area contributed by atoms with Gasteiger partial charge >= 0.3 is 0 Å². The van der Waals surface area contributed by atoms with E-state index in [4.69, 9.17) is 34.8 Å². The number of anilines is 1. The van der Waals surface area contributed by atoms with E-state index in [1.165, 1.54) is 0 Å². The average Bonchev–Trinajstić information content (AvgIpc) is 2.35. The predicted octanol–water partition coefficient (Wildman–Crippen LogP) is 4.25. The zero-order valence-electron chi connectivity index (χ0n) is 11.2. The van der Waals surface area contributed by atoms with E-state index < -0.39 is 3.79 Å². The van der Waals surface area contributed by atoms with Crippen molar-refractivity contribution in [2.45, 2.75) is 49.7 Å². The van der Waals surface area contributed by atoms with E-state index in [1.807, 2.05) is 0 Å². The van der Waals surface area contributed by atoms with E-state index in [1.54, 1.807) is 0 Å². The van der Waals surface area contributed by atoms with E-state index in [2.05, 4.69) is 34.1 Å². The SMILES string of the molecule is CCCCCc1nc(NCCC)nc(C(Cl)(Cl)Cl)n1. The van der Waals surface area contributed by atoms with E-state index in [0.717, 1.165) is 38.6 Å². The van der Waals surface area contributed by atoms with Crippen molar-refractivity contribution in [1.82, 2.24) is 15.0 Å². The highest BCUT2D eigenvalue weighted by atomic mass is 35.6. The van der Waals surface area contributed by atoms with Gasteiger partial charge in [-0.15, -0.1) is 0 Å². The molecular formula is C12H19Cl3N4. The van der Waals surface area contributed by atoms with Gasteiger partial charge in [0.1, 0.15) is 5.82 Å². The molecule has 0 atom stereocenters. The van der Waals surface area contributed by atoms with Gasteiger partial charge in [0, 0.05) is 13.0 Å². The van der Waals surface area contributed by atoms with Crippen LogP contribution in [0.2, 0.25) is 0 Å². The minimum atomic E-state index is -1.62. The van der Waals surface area contributed by atoms with Crippen LogP contribution < -0.4 is 5.32 Å². The smallest absolute Gasteiger partial charge is 0.250 e. The number of unbranched alkanes of at least 4 members (excludes halogenated alkanes) is 2. The Bertz CT molecular complexity index is 393. The van der Waals surface area contributed by atoms with Crippen molar-refractivity contribution in [1.29, 1.82) is 0 Å². The average molecular weight is 326 g/mol. The number of nitrogens with one attached hydrogen (secondary N) is 1. The zero-order valence-corrected chi connectivity index (χ0v) is 13.5. The van der Waals surface area contributed by atoms with Crippen LogP contribution in [0.5, 0.6) is 0 Å². The molecule has 0 aliphatic rings. The number of aromatic nitrogens is 3. The molecule has 0 saturated heterocycles. The molecule has 0 aromatic carbocycles. The molecule has 0 aliphatic carbocycles. The topological polar surface area (TPSA) is 50.7 Å². The van der Waals surface area contributed by atoms with E-state index in [0.29, 0.717) is 11.8 Å². The summed E-state index contributed by atoms with van der Waals surface area (Å²) in [5.41, 5.74) is 0. The summed E-state index contributed by atoms with van der Waals surface area (Å²) in [5, 5.41) is 3.10. The quantitative estimate of drug-likeness (QED) is 0.601. The van der Waals surface area contributed by atoms with Gasteiger partial charge in [-0.25, -0.2) is 4.98 Å². The molecule has 1 aromatic rings. The summed E-state index contributed by atoms with van der Waals surface area (Å²) in [6.07, 6.45) is 5.04. The van der Waals surface area contributed by atoms with Gasteiger partial charge in [-0.2, -0.15) is 9.97 Å². The van der Waals surface area contributed by atoms with Crippen LogP contribution in [0.3, 0.4) is 0 Å². The number of rotatable bonds is 7. The summed E-state index contributed by atoms with van der Waals surface area (Å²) in [5.74, 6) is 1.32. The van der Waals surface area contributed by atoms with Crippen LogP contribution in [0.4, 0.5) is 5.95 Å². The predicted molar refractivity (Wildman–Crippen MR) is 81.1 cm³/mol. The van der Waals surface area contributed by atoms with Gasteiger partial charge in [-0.3, -0.25) is 0 Å². The minimum Gasteiger partial charge on any atom is -0.354 e. The van der Waals surface area contributed by atoms with Crippen LogP contribution in [-0.2, 0) is 10.2 Å².